The highest BCUT2D eigenvalue weighted by molar-refractivity contribution is 7.99. The van der Waals surface area contributed by atoms with Gasteiger partial charge in [-0.15, -0.1) is 0 Å². The molecule has 2 nitrogen and oxygen atoms in total. The van der Waals surface area contributed by atoms with E-state index in [0.29, 0.717) is 6.04 Å². The van der Waals surface area contributed by atoms with E-state index in [0.717, 1.165) is 24.5 Å². The van der Waals surface area contributed by atoms with Gasteiger partial charge in [0.15, 0.2) is 0 Å². The van der Waals surface area contributed by atoms with Gasteiger partial charge in [-0.3, -0.25) is 0 Å². The Balaban J connectivity index is 2.49. The van der Waals surface area contributed by atoms with Crippen molar-refractivity contribution in [2.24, 2.45) is 0 Å². The quantitative estimate of drug-likeness (QED) is 0.730. The first-order valence-corrected chi connectivity index (χ1v) is 7.65. The molecule has 102 valence electrons. The zero-order valence-corrected chi connectivity index (χ0v) is 12.8. The third kappa shape index (κ3) is 5.01. The number of rotatable bonds is 8. The molecule has 0 aliphatic carbocycles. The molecule has 0 fully saturated rings. The molecule has 0 aliphatic rings. The Morgan fingerprint density at radius 3 is 2.72 bits per heavy atom. The predicted octanol–water partition coefficient (Wildman–Crippen LogP) is 3.33. The molecule has 0 saturated carbocycles. The molecule has 1 aromatic carbocycles. The summed E-state index contributed by atoms with van der Waals surface area (Å²) in [6.07, 6.45) is 1.13. The molecular formula is C15H25NOS. The Labute approximate surface area is 116 Å². The third-order valence-corrected chi connectivity index (χ3v) is 4.22. The fraction of sp³-hybridized carbons (Fsp3) is 0.600. The van der Waals surface area contributed by atoms with E-state index < -0.39 is 0 Å². The van der Waals surface area contributed by atoms with Gasteiger partial charge >= 0.3 is 0 Å². The van der Waals surface area contributed by atoms with Gasteiger partial charge in [0.2, 0.25) is 0 Å². The molecule has 0 aromatic heterocycles. The van der Waals surface area contributed by atoms with Crippen molar-refractivity contribution in [3.05, 3.63) is 34.9 Å². The predicted molar refractivity (Wildman–Crippen MR) is 81.5 cm³/mol. The van der Waals surface area contributed by atoms with Crippen LogP contribution in [0.15, 0.2) is 18.2 Å². The topological polar surface area (TPSA) is 21.3 Å². The fourth-order valence-electron chi connectivity index (χ4n) is 2.05. The molecule has 0 bridgehead atoms. The van der Waals surface area contributed by atoms with Crippen LogP contribution in [0.1, 0.15) is 29.2 Å². The normalized spacial score (nSPS) is 12.7. The number of aryl methyl sites for hydroxylation is 2. The lowest BCUT2D eigenvalue weighted by molar-refractivity contribution is 0.200. The van der Waals surface area contributed by atoms with Crippen LogP contribution in [0, 0.1) is 13.8 Å². The Morgan fingerprint density at radius 2 is 2.11 bits per heavy atom. The molecule has 0 aliphatic heterocycles. The molecule has 0 radical (unpaired) electrons. The SMILES string of the molecule is CNC(CSCCCOC)c1ccc(C)cc1C. The summed E-state index contributed by atoms with van der Waals surface area (Å²) in [5, 5.41) is 3.42. The largest absolute Gasteiger partial charge is 0.385 e. The first kappa shape index (κ1) is 15.5. The average molecular weight is 267 g/mol. The molecular weight excluding hydrogens is 242 g/mol. The van der Waals surface area contributed by atoms with Crippen molar-refractivity contribution >= 4 is 11.8 Å². The summed E-state index contributed by atoms with van der Waals surface area (Å²) >= 11 is 1.99. The van der Waals surface area contributed by atoms with Crippen molar-refractivity contribution in [3.63, 3.8) is 0 Å². The molecule has 0 amide bonds. The van der Waals surface area contributed by atoms with Crippen LogP contribution in [-0.4, -0.2) is 32.3 Å². The number of thioether (sulfide) groups is 1. The number of ether oxygens (including phenoxy) is 1. The van der Waals surface area contributed by atoms with Crippen molar-refractivity contribution in [2.75, 3.05) is 32.3 Å². The maximum atomic E-state index is 5.06. The Kier molecular flexibility index (Phi) is 7.40. The second-order valence-electron chi connectivity index (χ2n) is 4.62. The van der Waals surface area contributed by atoms with Gasteiger partial charge in [0.25, 0.3) is 0 Å². The maximum absolute atomic E-state index is 5.06. The summed E-state index contributed by atoms with van der Waals surface area (Å²) < 4.78 is 5.06. The van der Waals surface area contributed by atoms with Crippen molar-refractivity contribution in [1.29, 1.82) is 0 Å². The zero-order valence-electron chi connectivity index (χ0n) is 12.0. The van der Waals surface area contributed by atoms with Crippen molar-refractivity contribution in [3.8, 4) is 0 Å². The van der Waals surface area contributed by atoms with Crippen LogP contribution < -0.4 is 5.32 Å². The van der Waals surface area contributed by atoms with Gasteiger partial charge in [-0.1, -0.05) is 23.8 Å². The van der Waals surface area contributed by atoms with E-state index >= 15 is 0 Å². The van der Waals surface area contributed by atoms with E-state index in [9.17, 15) is 0 Å². The standard InChI is InChI=1S/C15H25NOS/c1-12-6-7-14(13(2)10-12)15(16-3)11-18-9-5-8-17-4/h6-7,10,15-16H,5,8-9,11H2,1-4H3. The number of nitrogens with one attached hydrogen (secondary N) is 1. The van der Waals surface area contributed by atoms with Gasteiger partial charge in [0, 0.05) is 25.5 Å². The molecule has 1 N–H and O–H groups in total. The summed E-state index contributed by atoms with van der Waals surface area (Å²) in [6.45, 7) is 5.20. The summed E-state index contributed by atoms with van der Waals surface area (Å²) in [5.41, 5.74) is 4.13. The van der Waals surface area contributed by atoms with Crippen molar-refractivity contribution in [2.45, 2.75) is 26.3 Å². The first-order chi connectivity index (χ1) is 8.69. The van der Waals surface area contributed by atoms with Crippen LogP contribution in [0.4, 0.5) is 0 Å². The highest BCUT2D eigenvalue weighted by Crippen LogP contribution is 2.22. The minimum Gasteiger partial charge on any atom is -0.385 e. The van der Waals surface area contributed by atoms with Gasteiger partial charge in [0.1, 0.15) is 0 Å². The number of methoxy groups -OCH3 is 1. The van der Waals surface area contributed by atoms with Crippen LogP contribution >= 0.6 is 11.8 Å². The van der Waals surface area contributed by atoms with Gasteiger partial charge in [-0.05, 0) is 44.2 Å². The van der Waals surface area contributed by atoms with Crippen LogP contribution in [-0.2, 0) is 4.74 Å². The monoisotopic (exact) mass is 267 g/mol. The average Bonchev–Trinajstić information content (AvgIpc) is 2.35. The number of benzene rings is 1. The fourth-order valence-corrected chi connectivity index (χ4v) is 3.12. The summed E-state index contributed by atoms with van der Waals surface area (Å²) in [6, 6.07) is 7.15. The number of hydrogen-bond acceptors (Lipinski definition) is 3. The molecule has 0 spiro atoms. The molecule has 3 heteroatoms. The second kappa shape index (κ2) is 8.57. The van der Waals surface area contributed by atoms with Crippen LogP contribution in [0.2, 0.25) is 0 Å². The van der Waals surface area contributed by atoms with E-state index in [4.69, 9.17) is 4.74 Å². The van der Waals surface area contributed by atoms with Gasteiger partial charge in [0.05, 0.1) is 0 Å². The van der Waals surface area contributed by atoms with Crippen molar-refractivity contribution < 1.29 is 4.74 Å². The third-order valence-electron chi connectivity index (χ3n) is 3.07. The highest BCUT2D eigenvalue weighted by Gasteiger charge is 2.11. The second-order valence-corrected chi connectivity index (χ2v) is 5.77. The van der Waals surface area contributed by atoms with Gasteiger partial charge in [-0.2, -0.15) is 11.8 Å². The zero-order chi connectivity index (χ0) is 13.4. The first-order valence-electron chi connectivity index (χ1n) is 6.50. The molecule has 1 rings (SSSR count). The van der Waals surface area contributed by atoms with Crippen LogP contribution in [0.25, 0.3) is 0 Å². The molecule has 1 unspecified atom stereocenters. The van der Waals surface area contributed by atoms with E-state index in [1.54, 1.807) is 7.11 Å². The minimum atomic E-state index is 0.443. The van der Waals surface area contributed by atoms with E-state index in [2.05, 4.69) is 37.4 Å². The molecule has 1 atom stereocenters. The Morgan fingerprint density at radius 1 is 1.33 bits per heavy atom. The molecule has 1 aromatic rings. The van der Waals surface area contributed by atoms with Crippen LogP contribution in [0.5, 0.6) is 0 Å². The summed E-state index contributed by atoms with van der Waals surface area (Å²) in [4.78, 5) is 0. The lowest BCUT2D eigenvalue weighted by Gasteiger charge is -2.19. The molecule has 0 saturated heterocycles. The van der Waals surface area contributed by atoms with E-state index in [1.807, 2.05) is 18.8 Å². The molecule has 0 heterocycles. The maximum Gasteiger partial charge on any atom is 0.0470 e. The van der Waals surface area contributed by atoms with Gasteiger partial charge in [-0.25, -0.2) is 0 Å². The minimum absolute atomic E-state index is 0.443. The Hall–Kier alpha value is -0.510. The lowest BCUT2D eigenvalue weighted by Crippen LogP contribution is -2.20. The smallest absolute Gasteiger partial charge is 0.0470 e. The summed E-state index contributed by atoms with van der Waals surface area (Å²) in [5.74, 6) is 2.28. The summed E-state index contributed by atoms with van der Waals surface area (Å²) in [7, 11) is 3.80. The molecule has 18 heavy (non-hydrogen) atoms. The van der Waals surface area contributed by atoms with Crippen LogP contribution in [0.3, 0.4) is 0 Å². The highest BCUT2D eigenvalue weighted by atomic mass is 32.2. The number of hydrogen-bond donors (Lipinski definition) is 1. The lowest BCUT2D eigenvalue weighted by atomic mass is 10.0. The van der Waals surface area contributed by atoms with E-state index in [1.165, 1.54) is 16.7 Å². The Bertz CT molecular complexity index is 354. The van der Waals surface area contributed by atoms with E-state index in [-0.39, 0.29) is 0 Å². The van der Waals surface area contributed by atoms with Crippen molar-refractivity contribution in [1.82, 2.24) is 5.32 Å². The van der Waals surface area contributed by atoms with Gasteiger partial charge < -0.3 is 10.1 Å².